The van der Waals surface area contributed by atoms with Gasteiger partial charge in [0.15, 0.2) is 0 Å². The summed E-state index contributed by atoms with van der Waals surface area (Å²) in [5, 5.41) is 9.09. The lowest BCUT2D eigenvalue weighted by molar-refractivity contribution is -0.138. The van der Waals surface area contributed by atoms with E-state index in [2.05, 4.69) is 10.9 Å². The molecule has 1 saturated carbocycles. The highest BCUT2D eigenvalue weighted by Crippen LogP contribution is 2.43. The lowest BCUT2D eigenvalue weighted by atomic mass is 9.71. The molecule has 1 aromatic carbocycles. The maximum Gasteiger partial charge on any atom is 0.303 e. The average Bonchev–Trinajstić information content (AvgIpc) is 2.84. The maximum atomic E-state index is 13.0. The number of carbonyl (C=O) groups is 1. The van der Waals surface area contributed by atoms with Crippen molar-refractivity contribution in [1.82, 2.24) is 10.9 Å². The zero-order valence-electron chi connectivity index (χ0n) is 11.2. The van der Waals surface area contributed by atoms with Gasteiger partial charge >= 0.3 is 5.97 Å². The molecule has 4 atom stereocenters. The van der Waals surface area contributed by atoms with E-state index in [-0.39, 0.29) is 30.1 Å². The summed E-state index contributed by atoms with van der Waals surface area (Å²) in [5.41, 5.74) is 7.58. The summed E-state index contributed by atoms with van der Waals surface area (Å²) in [6.07, 6.45) is 3.28. The van der Waals surface area contributed by atoms with Crippen LogP contribution in [0.5, 0.6) is 0 Å². The Morgan fingerprint density at radius 3 is 2.70 bits per heavy atom. The van der Waals surface area contributed by atoms with Crippen molar-refractivity contribution in [2.24, 2.45) is 11.8 Å². The van der Waals surface area contributed by atoms with Crippen LogP contribution in [0.4, 0.5) is 4.39 Å². The normalized spacial score (nSPS) is 32.9. The van der Waals surface area contributed by atoms with E-state index < -0.39 is 5.97 Å². The fourth-order valence-corrected chi connectivity index (χ4v) is 3.72. The summed E-state index contributed by atoms with van der Waals surface area (Å²) in [6, 6.07) is 6.85. The molecule has 4 nitrogen and oxygen atoms in total. The van der Waals surface area contributed by atoms with E-state index in [0.29, 0.717) is 6.04 Å². The molecule has 0 bridgehead atoms. The monoisotopic (exact) mass is 278 g/mol. The minimum atomic E-state index is -0.736. The van der Waals surface area contributed by atoms with Crippen molar-refractivity contribution in [3.05, 3.63) is 35.6 Å². The molecule has 1 aromatic rings. The van der Waals surface area contributed by atoms with Crippen molar-refractivity contribution in [3.63, 3.8) is 0 Å². The number of hydrazine groups is 1. The Morgan fingerprint density at radius 1 is 1.25 bits per heavy atom. The second kappa shape index (κ2) is 5.50. The molecule has 1 aliphatic carbocycles. The summed E-state index contributed by atoms with van der Waals surface area (Å²) in [5.74, 6) is -0.559. The SMILES string of the molecule is O=C(O)CC1CCCC2NNC(c3ccc(F)cc3)C12. The van der Waals surface area contributed by atoms with E-state index >= 15 is 0 Å². The number of carboxylic acid groups (broad SMARTS) is 1. The van der Waals surface area contributed by atoms with E-state index in [1.54, 1.807) is 12.1 Å². The number of benzene rings is 1. The third kappa shape index (κ3) is 2.55. The lowest BCUT2D eigenvalue weighted by Crippen LogP contribution is -2.37. The molecule has 1 aliphatic heterocycles. The van der Waals surface area contributed by atoms with E-state index in [1.807, 2.05) is 0 Å². The van der Waals surface area contributed by atoms with Crippen molar-refractivity contribution in [3.8, 4) is 0 Å². The van der Waals surface area contributed by atoms with Gasteiger partial charge in [0, 0.05) is 12.5 Å². The Balaban J connectivity index is 1.84. The van der Waals surface area contributed by atoms with E-state index in [9.17, 15) is 9.18 Å². The van der Waals surface area contributed by atoms with Crippen LogP contribution in [0.3, 0.4) is 0 Å². The highest BCUT2D eigenvalue weighted by molar-refractivity contribution is 5.67. The number of rotatable bonds is 3. The molecule has 1 heterocycles. The number of nitrogens with one attached hydrogen (secondary N) is 2. The standard InChI is InChI=1S/C15H19FN2O2/c16-11-6-4-9(5-7-11)15-14-10(8-13(19)20)2-1-3-12(14)17-18-15/h4-7,10,12,14-15,17-18H,1-3,8H2,(H,19,20). The summed E-state index contributed by atoms with van der Waals surface area (Å²) in [7, 11) is 0. The molecule has 2 aliphatic rings. The molecule has 0 spiro atoms. The molecule has 108 valence electrons. The number of aliphatic carboxylic acids is 1. The van der Waals surface area contributed by atoms with Crippen molar-refractivity contribution in [2.45, 2.75) is 37.8 Å². The molecule has 20 heavy (non-hydrogen) atoms. The Kier molecular flexibility index (Phi) is 3.72. The van der Waals surface area contributed by atoms with Gasteiger partial charge in [0.1, 0.15) is 5.82 Å². The Morgan fingerprint density at radius 2 is 2.00 bits per heavy atom. The van der Waals surface area contributed by atoms with Gasteiger partial charge in [-0.2, -0.15) is 0 Å². The molecule has 2 fully saturated rings. The smallest absolute Gasteiger partial charge is 0.303 e. The first-order valence-corrected chi connectivity index (χ1v) is 7.13. The van der Waals surface area contributed by atoms with Gasteiger partial charge in [0.25, 0.3) is 0 Å². The lowest BCUT2D eigenvalue weighted by Gasteiger charge is -2.35. The van der Waals surface area contributed by atoms with E-state index in [0.717, 1.165) is 24.8 Å². The van der Waals surface area contributed by atoms with Gasteiger partial charge in [0.05, 0.1) is 6.04 Å². The zero-order valence-corrected chi connectivity index (χ0v) is 11.2. The maximum absolute atomic E-state index is 13.0. The zero-order chi connectivity index (χ0) is 14.1. The Labute approximate surface area is 117 Å². The molecular formula is C15H19FN2O2. The van der Waals surface area contributed by atoms with Gasteiger partial charge in [-0.05, 0) is 42.4 Å². The number of fused-ring (bicyclic) bond motifs is 1. The highest BCUT2D eigenvalue weighted by Gasteiger charge is 2.44. The average molecular weight is 278 g/mol. The second-order valence-electron chi connectivity index (χ2n) is 5.79. The summed E-state index contributed by atoms with van der Waals surface area (Å²) >= 11 is 0. The number of hydrogen-bond donors (Lipinski definition) is 3. The Bertz CT molecular complexity index is 491. The van der Waals surface area contributed by atoms with Crippen LogP contribution in [0, 0.1) is 17.7 Å². The first kappa shape index (κ1) is 13.5. The third-order valence-corrected chi connectivity index (χ3v) is 4.57. The quantitative estimate of drug-likeness (QED) is 0.793. The molecule has 0 radical (unpaired) electrons. The largest absolute Gasteiger partial charge is 0.481 e. The molecular weight excluding hydrogens is 259 g/mol. The van der Waals surface area contributed by atoms with Gasteiger partial charge in [-0.15, -0.1) is 0 Å². The summed E-state index contributed by atoms with van der Waals surface area (Å²) < 4.78 is 13.0. The van der Waals surface area contributed by atoms with E-state index in [4.69, 9.17) is 5.11 Å². The van der Waals surface area contributed by atoms with Crippen molar-refractivity contribution in [2.75, 3.05) is 0 Å². The minimum absolute atomic E-state index is 0.0604. The van der Waals surface area contributed by atoms with Gasteiger partial charge in [-0.25, -0.2) is 9.82 Å². The van der Waals surface area contributed by atoms with Gasteiger partial charge in [-0.3, -0.25) is 10.2 Å². The van der Waals surface area contributed by atoms with Crippen LogP contribution in [0.15, 0.2) is 24.3 Å². The first-order chi connectivity index (χ1) is 9.65. The Hall–Kier alpha value is -1.46. The van der Waals surface area contributed by atoms with Gasteiger partial charge < -0.3 is 5.11 Å². The van der Waals surface area contributed by atoms with Crippen molar-refractivity contribution >= 4 is 5.97 Å². The third-order valence-electron chi connectivity index (χ3n) is 4.57. The molecule has 0 aromatic heterocycles. The van der Waals surface area contributed by atoms with E-state index in [1.165, 1.54) is 12.1 Å². The van der Waals surface area contributed by atoms with Crippen LogP contribution in [-0.2, 0) is 4.79 Å². The van der Waals surface area contributed by atoms with Gasteiger partial charge in [0.2, 0.25) is 0 Å². The number of carboxylic acids is 1. The van der Waals surface area contributed by atoms with Crippen molar-refractivity contribution in [1.29, 1.82) is 0 Å². The highest BCUT2D eigenvalue weighted by atomic mass is 19.1. The van der Waals surface area contributed by atoms with Crippen LogP contribution in [0.1, 0.15) is 37.3 Å². The molecule has 0 amide bonds. The fraction of sp³-hybridized carbons (Fsp3) is 0.533. The van der Waals surface area contributed by atoms with Crippen LogP contribution in [-0.4, -0.2) is 17.1 Å². The first-order valence-electron chi connectivity index (χ1n) is 7.13. The topological polar surface area (TPSA) is 61.4 Å². The van der Waals surface area contributed by atoms with Crippen LogP contribution in [0.25, 0.3) is 0 Å². The molecule has 4 unspecified atom stereocenters. The van der Waals surface area contributed by atoms with Crippen molar-refractivity contribution < 1.29 is 14.3 Å². The predicted octanol–water partition coefficient (Wildman–Crippen LogP) is 2.23. The van der Waals surface area contributed by atoms with Gasteiger partial charge in [-0.1, -0.05) is 18.6 Å². The predicted molar refractivity (Wildman–Crippen MR) is 72.3 cm³/mol. The number of halogens is 1. The summed E-state index contributed by atoms with van der Waals surface area (Å²) in [6.45, 7) is 0. The molecule has 3 rings (SSSR count). The minimum Gasteiger partial charge on any atom is -0.481 e. The molecule has 3 N–H and O–H groups in total. The molecule has 5 heteroatoms. The summed E-state index contributed by atoms with van der Waals surface area (Å²) in [4.78, 5) is 11.1. The second-order valence-corrected chi connectivity index (χ2v) is 5.79. The molecule has 1 saturated heterocycles. The fourth-order valence-electron chi connectivity index (χ4n) is 3.72. The van der Waals surface area contributed by atoms with Crippen LogP contribution < -0.4 is 10.9 Å². The van der Waals surface area contributed by atoms with Crippen LogP contribution in [0.2, 0.25) is 0 Å². The number of hydrogen-bond acceptors (Lipinski definition) is 3. The van der Waals surface area contributed by atoms with Crippen LogP contribution >= 0.6 is 0 Å².